The zero-order chi connectivity index (χ0) is 10.7. The second-order valence-corrected chi connectivity index (χ2v) is 3.25. The van der Waals surface area contributed by atoms with E-state index in [0.717, 1.165) is 22.6 Å². The molecule has 0 saturated carbocycles. The molecule has 3 nitrogen and oxygen atoms in total. The number of hydrogen-bond acceptors (Lipinski definition) is 3. The molecule has 1 heterocycles. The minimum Gasteiger partial charge on any atom is -0.493 e. The summed E-state index contributed by atoms with van der Waals surface area (Å²) in [6, 6.07) is 1.50. The van der Waals surface area contributed by atoms with Crippen molar-refractivity contribution in [2.45, 2.75) is 27.7 Å². The monoisotopic (exact) mass is 193 g/mol. The minimum atomic E-state index is -0.214. The minimum absolute atomic E-state index is 0.214. The van der Waals surface area contributed by atoms with Crippen molar-refractivity contribution in [3.63, 3.8) is 0 Å². The second kappa shape index (κ2) is 4.22. The van der Waals surface area contributed by atoms with E-state index >= 15 is 0 Å². The summed E-state index contributed by atoms with van der Waals surface area (Å²) in [5, 5.41) is 0. The zero-order valence-electron chi connectivity index (χ0n) is 9.05. The molecular weight excluding hydrogens is 178 g/mol. The first kappa shape index (κ1) is 10.7. The van der Waals surface area contributed by atoms with Crippen molar-refractivity contribution in [3.8, 4) is 5.75 Å². The van der Waals surface area contributed by atoms with Crippen LogP contribution in [0, 0.1) is 20.8 Å². The van der Waals surface area contributed by atoms with Crippen LogP contribution in [0.15, 0.2) is 10.9 Å². The summed E-state index contributed by atoms with van der Waals surface area (Å²) >= 11 is 0. The van der Waals surface area contributed by atoms with Gasteiger partial charge in [-0.1, -0.05) is 0 Å². The van der Waals surface area contributed by atoms with E-state index in [2.05, 4.69) is 4.98 Å². The van der Waals surface area contributed by atoms with Crippen molar-refractivity contribution >= 4 is 0 Å². The lowest BCUT2D eigenvalue weighted by atomic mass is 10.2. The van der Waals surface area contributed by atoms with Gasteiger partial charge in [-0.15, -0.1) is 0 Å². The lowest BCUT2D eigenvalue weighted by molar-refractivity contribution is 0.335. The molecule has 0 spiro atoms. The number of hydrogen-bond donors (Lipinski definition) is 0. The molecule has 1 rings (SSSR count). The summed E-state index contributed by atoms with van der Waals surface area (Å²) in [5.74, 6) is 0.777. The van der Waals surface area contributed by atoms with Crippen LogP contribution in [-0.2, 0) is 0 Å². The number of ether oxygens (including phenoxy) is 1. The molecule has 0 bridgehead atoms. The van der Waals surface area contributed by atoms with Gasteiger partial charge in [0, 0.05) is 17.3 Å². The van der Waals surface area contributed by atoms with Crippen molar-refractivity contribution in [2.24, 2.45) is 0 Å². The van der Waals surface area contributed by atoms with Crippen molar-refractivity contribution in [3.05, 3.63) is 33.2 Å². The van der Waals surface area contributed by atoms with Crippen LogP contribution in [-0.4, -0.2) is 11.6 Å². The van der Waals surface area contributed by atoms with Gasteiger partial charge in [0.25, 0.3) is 5.56 Å². The molecule has 0 aliphatic heterocycles. The molecule has 0 radical (unpaired) electrons. The van der Waals surface area contributed by atoms with Gasteiger partial charge in [-0.2, -0.15) is 0 Å². The highest BCUT2D eigenvalue weighted by molar-refractivity contribution is 5.39. The fourth-order valence-electron chi connectivity index (χ4n) is 1.36. The summed E-state index contributed by atoms with van der Waals surface area (Å²) in [4.78, 5) is 15.2. The van der Waals surface area contributed by atoms with Crippen molar-refractivity contribution in [1.82, 2.24) is 4.98 Å². The van der Waals surface area contributed by atoms with E-state index in [1.165, 1.54) is 6.07 Å². The molecule has 0 aliphatic rings. The van der Waals surface area contributed by atoms with Crippen LogP contribution in [0.25, 0.3) is 0 Å². The Balaban J connectivity index is 3.49. The maximum atomic E-state index is 11.3. The summed E-state index contributed by atoms with van der Waals surface area (Å²) in [7, 11) is 0. The van der Waals surface area contributed by atoms with Gasteiger partial charge in [-0.25, -0.2) is 4.98 Å². The van der Waals surface area contributed by atoms with Crippen LogP contribution in [0.2, 0.25) is 0 Å². The van der Waals surface area contributed by atoms with Crippen LogP contribution in [0.5, 0.6) is 5.75 Å². The third kappa shape index (κ3) is 2.10. The molecule has 0 amide bonds. The van der Waals surface area contributed by atoms with Crippen molar-refractivity contribution in [2.75, 3.05) is 6.61 Å². The standard InChI is InChI=1S/C11H15NO2/c1-5-14-11-7(2)6-10(13)12-9(4)8(11)3/h6H,5H2,1-4H3. The summed E-state index contributed by atoms with van der Waals surface area (Å²) in [6.07, 6.45) is 0. The molecule has 0 aliphatic carbocycles. The van der Waals surface area contributed by atoms with Crippen LogP contribution in [0.1, 0.15) is 23.7 Å². The fraction of sp³-hybridized carbons (Fsp3) is 0.455. The number of nitrogens with zero attached hydrogens (tertiary/aromatic N) is 1. The van der Waals surface area contributed by atoms with E-state index in [4.69, 9.17) is 4.74 Å². The maximum Gasteiger partial charge on any atom is 0.270 e. The fourth-order valence-corrected chi connectivity index (χ4v) is 1.36. The Labute approximate surface area is 83.8 Å². The first-order valence-electron chi connectivity index (χ1n) is 4.68. The molecule has 14 heavy (non-hydrogen) atoms. The van der Waals surface area contributed by atoms with E-state index < -0.39 is 0 Å². The lowest BCUT2D eigenvalue weighted by Crippen LogP contribution is -2.00. The number of aromatic nitrogens is 1. The van der Waals surface area contributed by atoms with Crippen molar-refractivity contribution < 1.29 is 4.74 Å². The highest BCUT2D eigenvalue weighted by atomic mass is 16.5. The van der Waals surface area contributed by atoms with Gasteiger partial charge < -0.3 is 4.74 Å². The van der Waals surface area contributed by atoms with Gasteiger partial charge in [0.05, 0.1) is 6.61 Å². The first-order chi connectivity index (χ1) is 6.56. The van der Waals surface area contributed by atoms with E-state index in [1.807, 2.05) is 27.7 Å². The first-order valence-corrected chi connectivity index (χ1v) is 4.68. The Bertz CT molecular complexity index is 399. The summed E-state index contributed by atoms with van der Waals surface area (Å²) in [5.41, 5.74) is 2.29. The SMILES string of the molecule is CCOc1c(C)cc(=O)nc(C)c1C. The van der Waals surface area contributed by atoms with Gasteiger partial charge in [0.15, 0.2) is 0 Å². The molecule has 0 saturated heterocycles. The largest absolute Gasteiger partial charge is 0.493 e. The lowest BCUT2D eigenvalue weighted by Gasteiger charge is -2.07. The molecule has 1 aromatic heterocycles. The van der Waals surface area contributed by atoms with E-state index in [1.54, 1.807) is 0 Å². The van der Waals surface area contributed by atoms with E-state index in [0.29, 0.717) is 6.61 Å². The molecule has 76 valence electrons. The predicted molar refractivity (Wildman–Crippen MR) is 55.9 cm³/mol. The Hall–Kier alpha value is -1.38. The molecule has 0 N–H and O–H groups in total. The molecule has 0 fully saturated rings. The maximum absolute atomic E-state index is 11.3. The average molecular weight is 193 g/mol. The highest BCUT2D eigenvalue weighted by Crippen LogP contribution is 2.21. The van der Waals surface area contributed by atoms with E-state index in [-0.39, 0.29) is 5.56 Å². The van der Waals surface area contributed by atoms with Crippen molar-refractivity contribution in [1.29, 1.82) is 0 Å². The predicted octanol–water partition coefficient (Wildman–Crippen LogP) is 1.77. The normalized spacial score (nSPS) is 10.0. The van der Waals surface area contributed by atoms with Gasteiger partial charge in [0.2, 0.25) is 0 Å². The van der Waals surface area contributed by atoms with Crippen LogP contribution in [0.3, 0.4) is 0 Å². The average Bonchev–Trinajstić information content (AvgIpc) is 2.18. The number of aryl methyl sites for hydroxylation is 2. The third-order valence-electron chi connectivity index (χ3n) is 2.15. The Morgan fingerprint density at radius 2 is 2.00 bits per heavy atom. The van der Waals surface area contributed by atoms with Gasteiger partial charge >= 0.3 is 0 Å². The smallest absolute Gasteiger partial charge is 0.270 e. The highest BCUT2D eigenvalue weighted by Gasteiger charge is 2.06. The third-order valence-corrected chi connectivity index (χ3v) is 2.15. The van der Waals surface area contributed by atoms with Gasteiger partial charge in [-0.05, 0) is 33.3 Å². The second-order valence-electron chi connectivity index (χ2n) is 3.25. The van der Waals surface area contributed by atoms with Crippen LogP contribution < -0.4 is 10.3 Å². The van der Waals surface area contributed by atoms with Crippen LogP contribution in [0.4, 0.5) is 0 Å². The molecule has 1 aromatic rings. The summed E-state index contributed by atoms with van der Waals surface area (Å²) in [6.45, 7) is 8.12. The summed E-state index contributed by atoms with van der Waals surface area (Å²) < 4.78 is 5.48. The molecule has 0 unspecified atom stereocenters. The quantitative estimate of drug-likeness (QED) is 0.718. The molecular formula is C11H15NO2. The molecule has 3 heteroatoms. The molecule has 0 aromatic carbocycles. The number of rotatable bonds is 2. The topological polar surface area (TPSA) is 39.2 Å². The van der Waals surface area contributed by atoms with Crippen LogP contribution >= 0.6 is 0 Å². The van der Waals surface area contributed by atoms with Gasteiger partial charge in [0.1, 0.15) is 5.75 Å². The Morgan fingerprint density at radius 3 is 2.57 bits per heavy atom. The Kier molecular flexibility index (Phi) is 3.23. The zero-order valence-corrected chi connectivity index (χ0v) is 9.05. The molecule has 0 atom stereocenters. The Morgan fingerprint density at radius 1 is 1.36 bits per heavy atom. The van der Waals surface area contributed by atoms with Gasteiger partial charge in [-0.3, -0.25) is 4.79 Å². The van der Waals surface area contributed by atoms with E-state index in [9.17, 15) is 4.79 Å².